The fourth-order valence-corrected chi connectivity index (χ4v) is 6.25. The van der Waals surface area contributed by atoms with Gasteiger partial charge in [0.15, 0.2) is 0 Å². The van der Waals surface area contributed by atoms with Crippen molar-refractivity contribution < 1.29 is 18.6 Å². The second-order valence-electron chi connectivity index (χ2n) is 9.39. The first-order valence-electron chi connectivity index (χ1n) is 11.4. The fraction of sp³-hybridized carbons (Fsp3) is 0.423. The Morgan fingerprint density at radius 1 is 1.22 bits per heavy atom. The van der Waals surface area contributed by atoms with Crippen molar-refractivity contribution in [2.24, 2.45) is 5.92 Å². The minimum atomic E-state index is -0.321. The van der Waals surface area contributed by atoms with Crippen LogP contribution in [0, 0.1) is 16.9 Å². The first kappa shape index (κ1) is 19.9. The number of morpholine rings is 1. The van der Waals surface area contributed by atoms with Gasteiger partial charge in [-0.1, -0.05) is 6.92 Å². The summed E-state index contributed by atoms with van der Waals surface area (Å²) < 4.78 is 26.9. The molecule has 0 saturated carbocycles. The van der Waals surface area contributed by atoms with Crippen LogP contribution in [0.5, 0.6) is 5.75 Å². The number of pyridine rings is 1. The molecule has 0 spiro atoms. The number of ether oxygens (including phenoxy) is 2. The van der Waals surface area contributed by atoms with E-state index in [1.165, 1.54) is 18.6 Å². The van der Waals surface area contributed by atoms with E-state index < -0.39 is 0 Å². The highest BCUT2D eigenvalue weighted by molar-refractivity contribution is 5.84. The Morgan fingerprint density at radius 3 is 2.72 bits per heavy atom. The molecule has 0 radical (unpaired) electrons. The predicted molar refractivity (Wildman–Crippen MR) is 120 cm³/mol. The van der Waals surface area contributed by atoms with Crippen LogP contribution in [0.3, 0.4) is 0 Å². The first-order chi connectivity index (χ1) is 15.5. The van der Waals surface area contributed by atoms with Crippen LogP contribution in [-0.4, -0.2) is 36.7 Å². The molecule has 1 aromatic heterocycles. The Hall–Kier alpha value is -2.70. The lowest BCUT2D eigenvalue weighted by Gasteiger charge is -2.64. The molecule has 5 aliphatic heterocycles. The van der Waals surface area contributed by atoms with Gasteiger partial charge in [-0.2, -0.15) is 4.73 Å². The van der Waals surface area contributed by atoms with Gasteiger partial charge in [0.25, 0.3) is 0 Å². The third kappa shape index (κ3) is 2.79. The Balaban J connectivity index is 1.57. The summed E-state index contributed by atoms with van der Waals surface area (Å²) >= 11 is 0. The highest BCUT2D eigenvalue weighted by Crippen LogP contribution is 2.55. The number of aromatic nitrogens is 1. The summed E-state index contributed by atoms with van der Waals surface area (Å²) in [6.45, 7) is 4.33. The molecule has 166 valence electrons. The van der Waals surface area contributed by atoms with Gasteiger partial charge >= 0.3 is 0 Å². The Bertz CT molecular complexity index is 1200. The van der Waals surface area contributed by atoms with Crippen LogP contribution in [-0.2, 0) is 4.74 Å². The summed E-state index contributed by atoms with van der Waals surface area (Å²) in [4.78, 5) is 2.58. The number of fused-ring (bicyclic) bond motifs is 3. The first-order valence-corrected chi connectivity index (χ1v) is 11.4. The quantitative estimate of drug-likeness (QED) is 0.445. The molecule has 5 aliphatic rings. The Labute approximate surface area is 186 Å². The predicted octanol–water partition coefficient (Wildman–Crippen LogP) is 4.60. The van der Waals surface area contributed by atoms with E-state index in [0.717, 1.165) is 41.6 Å². The van der Waals surface area contributed by atoms with E-state index in [1.54, 1.807) is 25.3 Å². The Morgan fingerprint density at radius 2 is 2.03 bits per heavy atom. The lowest BCUT2D eigenvalue weighted by atomic mass is 9.66. The number of benzene rings is 2. The van der Waals surface area contributed by atoms with Crippen LogP contribution < -0.4 is 9.47 Å². The van der Waals surface area contributed by atoms with E-state index in [4.69, 9.17) is 9.47 Å². The highest BCUT2D eigenvalue weighted by atomic mass is 19.1. The molecule has 0 N–H and O–H groups in total. The molecule has 0 aliphatic carbocycles. The summed E-state index contributed by atoms with van der Waals surface area (Å²) in [6.07, 6.45) is 3.19. The number of rotatable bonds is 4. The van der Waals surface area contributed by atoms with Crippen molar-refractivity contribution >= 4 is 10.9 Å². The van der Waals surface area contributed by atoms with Crippen molar-refractivity contribution in [3.8, 4) is 17.0 Å². The van der Waals surface area contributed by atoms with Crippen LogP contribution in [0.4, 0.5) is 4.39 Å². The molecule has 2 aromatic carbocycles. The lowest BCUT2D eigenvalue weighted by Crippen LogP contribution is -2.70. The molecule has 0 amide bonds. The number of piperidine rings is 3. The van der Waals surface area contributed by atoms with Crippen LogP contribution in [0.15, 0.2) is 48.5 Å². The summed E-state index contributed by atoms with van der Waals surface area (Å²) in [5.74, 6) is 0.990. The van der Waals surface area contributed by atoms with Gasteiger partial charge in [-0.15, -0.1) is 0 Å². The average molecular weight is 435 g/mol. The molecular weight excluding hydrogens is 407 g/mol. The summed E-state index contributed by atoms with van der Waals surface area (Å²) in [5.41, 5.74) is 2.65. The zero-order chi connectivity index (χ0) is 22.0. The molecule has 3 aromatic rings. The highest BCUT2D eigenvalue weighted by Gasteiger charge is 2.58. The molecule has 5 atom stereocenters. The smallest absolute Gasteiger partial charge is 0.224 e. The van der Waals surface area contributed by atoms with Crippen molar-refractivity contribution in [2.75, 3.05) is 20.2 Å². The van der Waals surface area contributed by atoms with Crippen LogP contribution in [0.2, 0.25) is 0 Å². The summed E-state index contributed by atoms with van der Waals surface area (Å²) in [7, 11) is 1.63. The fourth-order valence-electron chi connectivity index (χ4n) is 6.25. The van der Waals surface area contributed by atoms with Crippen molar-refractivity contribution in [3.05, 3.63) is 65.1 Å². The van der Waals surface area contributed by atoms with E-state index in [1.807, 2.05) is 18.2 Å². The average Bonchev–Trinajstić information content (AvgIpc) is 2.84. The maximum atomic E-state index is 13.6. The van der Waals surface area contributed by atoms with Crippen molar-refractivity contribution in [3.63, 3.8) is 0 Å². The minimum absolute atomic E-state index is 0.116. The number of methoxy groups -OCH3 is 1. The SMILES string of the molecule is CCC12CN3CCC1CC3[C@H](c1cc(-c3ccc(F)cc3)[n+]([O-])c3ccc(OC)cc13)O2. The molecule has 6 heterocycles. The van der Waals surface area contributed by atoms with Gasteiger partial charge in [0, 0.05) is 35.8 Å². The van der Waals surface area contributed by atoms with Gasteiger partial charge in [0.2, 0.25) is 11.2 Å². The molecule has 6 heteroatoms. The minimum Gasteiger partial charge on any atom is -0.618 e. The van der Waals surface area contributed by atoms with Crippen LogP contribution in [0.1, 0.15) is 37.9 Å². The third-order valence-electron chi connectivity index (χ3n) is 7.98. The zero-order valence-electron chi connectivity index (χ0n) is 18.4. The molecule has 5 saturated heterocycles. The maximum Gasteiger partial charge on any atom is 0.224 e. The maximum absolute atomic E-state index is 13.6. The van der Waals surface area contributed by atoms with Gasteiger partial charge in [-0.3, -0.25) is 4.90 Å². The lowest BCUT2D eigenvalue weighted by molar-refractivity contribution is -0.565. The van der Waals surface area contributed by atoms with E-state index in [2.05, 4.69) is 11.8 Å². The topological polar surface area (TPSA) is 48.6 Å². The zero-order valence-corrected chi connectivity index (χ0v) is 18.4. The van der Waals surface area contributed by atoms with Crippen molar-refractivity contribution in [1.29, 1.82) is 0 Å². The molecular formula is C26H27FN2O3. The Kier molecular flexibility index (Phi) is 4.46. The molecule has 4 bridgehead atoms. The second kappa shape index (κ2) is 7.15. The van der Waals surface area contributed by atoms with Gasteiger partial charge in [0.05, 0.1) is 24.2 Å². The third-order valence-corrected chi connectivity index (χ3v) is 7.98. The summed E-state index contributed by atoms with van der Waals surface area (Å²) in [5, 5.41) is 14.2. The molecule has 5 fully saturated rings. The van der Waals surface area contributed by atoms with E-state index in [0.29, 0.717) is 34.5 Å². The van der Waals surface area contributed by atoms with Crippen LogP contribution in [0.25, 0.3) is 22.2 Å². The van der Waals surface area contributed by atoms with Crippen molar-refractivity contribution in [1.82, 2.24) is 4.90 Å². The molecule has 4 unspecified atom stereocenters. The van der Waals surface area contributed by atoms with Gasteiger partial charge in [-0.25, -0.2) is 4.39 Å². The van der Waals surface area contributed by atoms with Crippen molar-refractivity contribution in [2.45, 2.75) is 43.9 Å². The molecule has 8 rings (SSSR count). The van der Waals surface area contributed by atoms with E-state index >= 15 is 0 Å². The summed E-state index contributed by atoms with van der Waals surface area (Å²) in [6, 6.07) is 13.9. The standard InChI is InChI=1S/C26H27FN2O3/c1-3-26-15-28-11-10-17(26)12-24(28)25(32-26)21-14-23(16-4-6-18(27)7-5-16)29(30)22-9-8-19(31-2)13-20(21)22/h4-9,13-14,17,24-25H,3,10-12,15H2,1-2H3/t17?,24?,25-,26?/m0/s1. The largest absolute Gasteiger partial charge is 0.618 e. The number of hydrogen-bond donors (Lipinski definition) is 0. The van der Waals surface area contributed by atoms with Crippen LogP contribution >= 0.6 is 0 Å². The number of hydrogen-bond acceptors (Lipinski definition) is 4. The van der Waals surface area contributed by atoms with Gasteiger partial charge in [-0.05, 0) is 68.1 Å². The molecule has 5 nitrogen and oxygen atoms in total. The van der Waals surface area contributed by atoms with E-state index in [9.17, 15) is 9.60 Å². The molecule has 32 heavy (non-hydrogen) atoms. The monoisotopic (exact) mass is 434 g/mol. The normalized spacial score (nSPS) is 30.7. The second-order valence-corrected chi connectivity index (χ2v) is 9.39. The number of halogens is 1. The van der Waals surface area contributed by atoms with E-state index in [-0.39, 0.29) is 17.5 Å². The van der Waals surface area contributed by atoms with Gasteiger partial charge < -0.3 is 14.7 Å². The number of nitrogens with zero attached hydrogens (tertiary/aromatic N) is 2. The van der Waals surface area contributed by atoms with Gasteiger partial charge in [0.1, 0.15) is 11.6 Å².